The molecule has 0 radical (unpaired) electrons. The van der Waals surface area contributed by atoms with Crippen LogP contribution in [0.5, 0.6) is 5.75 Å². The van der Waals surface area contributed by atoms with Gasteiger partial charge in [-0.15, -0.1) is 0 Å². The average molecular weight is 383 g/mol. The lowest BCUT2D eigenvalue weighted by atomic mass is 10.1. The molecule has 0 bridgehead atoms. The Labute approximate surface area is 164 Å². The molecule has 0 atom stereocenters. The SMILES string of the molecule is CCCC(=O)Nc1ccc(C(=O)NNC(=O)COc2c(C)cccc2C)cc1. The van der Waals surface area contributed by atoms with Crippen molar-refractivity contribution in [2.24, 2.45) is 0 Å². The van der Waals surface area contributed by atoms with E-state index in [0.29, 0.717) is 23.4 Å². The summed E-state index contributed by atoms with van der Waals surface area (Å²) in [6.07, 6.45) is 1.21. The Balaban J connectivity index is 1.81. The van der Waals surface area contributed by atoms with Gasteiger partial charge in [0.05, 0.1) is 0 Å². The van der Waals surface area contributed by atoms with Crippen LogP contribution in [0.3, 0.4) is 0 Å². The quantitative estimate of drug-likeness (QED) is 0.641. The molecule has 0 saturated carbocycles. The first-order chi connectivity index (χ1) is 13.4. The first-order valence-corrected chi connectivity index (χ1v) is 9.08. The zero-order valence-electron chi connectivity index (χ0n) is 16.3. The lowest BCUT2D eigenvalue weighted by Gasteiger charge is -2.12. The number of amides is 3. The highest BCUT2D eigenvalue weighted by atomic mass is 16.5. The maximum absolute atomic E-state index is 12.1. The van der Waals surface area contributed by atoms with Crippen LogP contribution in [0.15, 0.2) is 42.5 Å². The number of nitrogens with one attached hydrogen (secondary N) is 3. The van der Waals surface area contributed by atoms with Gasteiger partial charge in [0.15, 0.2) is 6.61 Å². The van der Waals surface area contributed by atoms with E-state index in [2.05, 4.69) is 16.2 Å². The predicted octanol–water partition coefficient (Wildman–Crippen LogP) is 2.88. The van der Waals surface area contributed by atoms with E-state index in [1.165, 1.54) is 0 Å². The highest BCUT2D eigenvalue weighted by Gasteiger charge is 2.10. The Kier molecular flexibility index (Phi) is 7.56. The van der Waals surface area contributed by atoms with Crippen molar-refractivity contribution in [3.05, 3.63) is 59.2 Å². The molecule has 0 aromatic heterocycles. The summed E-state index contributed by atoms with van der Waals surface area (Å²) in [6, 6.07) is 12.1. The van der Waals surface area contributed by atoms with Gasteiger partial charge in [-0.25, -0.2) is 0 Å². The van der Waals surface area contributed by atoms with Crippen LogP contribution in [-0.2, 0) is 9.59 Å². The molecule has 148 valence electrons. The largest absolute Gasteiger partial charge is 0.483 e. The van der Waals surface area contributed by atoms with Crippen LogP contribution in [0.1, 0.15) is 41.3 Å². The maximum atomic E-state index is 12.1. The second kappa shape index (κ2) is 10.1. The smallest absolute Gasteiger partial charge is 0.276 e. The fourth-order valence-electron chi connectivity index (χ4n) is 2.55. The van der Waals surface area contributed by atoms with Crippen LogP contribution in [0, 0.1) is 13.8 Å². The molecule has 2 rings (SSSR count). The van der Waals surface area contributed by atoms with Crippen molar-refractivity contribution < 1.29 is 19.1 Å². The van der Waals surface area contributed by atoms with Crippen molar-refractivity contribution in [3.8, 4) is 5.75 Å². The number of hydrogen-bond donors (Lipinski definition) is 3. The fraction of sp³-hybridized carbons (Fsp3) is 0.286. The molecule has 0 aliphatic carbocycles. The average Bonchev–Trinajstić information content (AvgIpc) is 2.66. The van der Waals surface area contributed by atoms with Crippen molar-refractivity contribution in [2.75, 3.05) is 11.9 Å². The Morgan fingerprint density at radius 3 is 2.14 bits per heavy atom. The number of aryl methyl sites for hydroxylation is 2. The molecule has 2 aromatic carbocycles. The minimum Gasteiger partial charge on any atom is -0.483 e. The molecule has 2 aromatic rings. The Morgan fingerprint density at radius 1 is 0.893 bits per heavy atom. The molecule has 0 saturated heterocycles. The number of hydrazine groups is 1. The van der Waals surface area contributed by atoms with Crippen LogP contribution in [0.4, 0.5) is 5.69 Å². The summed E-state index contributed by atoms with van der Waals surface area (Å²) >= 11 is 0. The van der Waals surface area contributed by atoms with Crippen LogP contribution in [0.2, 0.25) is 0 Å². The third-order valence-electron chi connectivity index (χ3n) is 3.98. The summed E-state index contributed by atoms with van der Waals surface area (Å²) in [7, 11) is 0. The Bertz CT molecular complexity index is 827. The van der Waals surface area contributed by atoms with Crippen LogP contribution < -0.4 is 20.9 Å². The Hall–Kier alpha value is -3.35. The van der Waals surface area contributed by atoms with E-state index in [-0.39, 0.29) is 12.5 Å². The summed E-state index contributed by atoms with van der Waals surface area (Å²) in [5.41, 5.74) is 7.49. The first-order valence-electron chi connectivity index (χ1n) is 9.08. The standard InChI is InChI=1S/C21H25N3O4/c1-4-6-18(25)22-17-11-9-16(10-12-17)21(27)24-23-19(26)13-28-20-14(2)7-5-8-15(20)3/h5,7-12H,4,6,13H2,1-3H3,(H,22,25)(H,23,26)(H,24,27). The minimum absolute atomic E-state index is 0.0733. The van der Waals surface area contributed by atoms with Gasteiger partial charge < -0.3 is 10.1 Å². The van der Waals surface area contributed by atoms with Crippen molar-refractivity contribution in [2.45, 2.75) is 33.6 Å². The molecule has 3 N–H and O–H groups in total. The van der Waals surface area contributed by atoms with E-state index in [1.54, 1.807) is 24.3 Å². The monoisotopic (exact) mass is 383 g/mol. The zero-order chi connectivity index (χ0) is 20.5. The lowest BCUT2D eigenvalue weighted by molar-refractivity contribution is -0.123. The van der Waals surface area contributed by atoms with Gasteiger partial charge in [-0.3, -0.25) is 25.2 Å². The summed E-state index contributed by atoms with van der Waals surface area (Å²) in [6.45, 7) is 5.51. The number of rotatable bonds is 7. The van der Waals surface area contributed by atoms with Crippen molar-refractivity contribution in [3.63, 3.8) is 0 Å². The third-order valence-corrected chi connectivity index (χ3v) is 3.98. The molecular formula is C21H25N3O4. The second-order valence-corrected chi connectivity index (χ2v) is 6.39. The molecule has 0 spiro atoms. The number of carbonyl (C=O) groups is 3. The predicted molar refractivity (Wildman–Crippen MR) is 107 cm³/mol. The normalized spacial score (nSPS) is 10.1. The van der Waals surface area contributed by atoms with Crippen LogP contribution in [-0.4, -0.2) is 24.3 Å². The number of anilines is 1. The molecule has 7 nitrogen and oxygen atoms in total. The van der Waals surface area contributed by atoms with Gasteiger partial charge in [-0.2, -0.15) is 0 Å². The maximum Gasteiger partial charge on any atom is 0.276 e. The van der Waals surface area contributed by atoms with E-state index in [4.69, 9.17) is 4.74 Å². The molecule has 28 heavy (non-hydrogen) atoms. The summed E-state index contributed by atoms with van der Waals surface area (Å²) in [4.78, 5) is 35.6. The zero-order valence-corrected chi connectivity index (χ0v) is 16.3. The second-order valence-electron chi connectivity index (χ2n) is 6.39. The number of hydrogen-bond acceptors (Lipinski definition) is 4. The number of para-hydroxylation sites is 1. The molecule has 0 aliphatic rings. The molecule has 0 aliphatic heterocycles. The molecule has 7 heteroatoms. The van der Waals surface area contributed by atoms with Gasteiger partial charge >= 0.3 is 0 Å². The van der Waals surface area contributed by atoms with Gasteiger partial charge in [0.25, 0.3) is 11.8 Å². The highest BCUT2D eigenvalue weighted by molar-refractivity contribution is 5.96. The molecule has 0 unspecified atom stereocenters. The summed E-state index contributed by atoms with van der Waals surface area (Å²) in [5.74, 6) is -0.355. The number of benzene rings is 2. The number of carbonyl (C=O) groups excluding carboxylic acids is 3. The van der Waals surface area contributed by atoms with Gasteiger partial charge in [0, 0.05) is 17.7 Å². The summed E-state index contributed by atoms with van der Waals surface area (Å²) in [5, 5.41) is 2.74. The van der Waals surface area contributed by atoms with Crippen molar-refractivity contribution >= 4 is 23.4 Å². The van der Waals surface area contributed by atoms with E-state index >= 15 is 0 Å². The van der Waals surface area contributed by atoms with Crippen LogP contribution in [0.25, 0.3) is 0 Å². The number of ether oxygens (including phenoxy) is 1. The fourth-order valence-corrected chi connectivity index (χ4v) is 2.55. The summed E-state index contributed by atoms with van der Waals surface area (Å²) < 4.78 is 5.54. The van der Waals surface area contributed by atoms with Gasteiger partial charge in [-0.1, -0.05) is 25.1 Å². The third kappa shape index (κ3) is 6.12. The van der Waals surface area contributed by atoms with Crippen LogP contribution >= 0.6 is 0 Å². The molecule has 0 heterocycles. The minimum atomic E-state index is -0.473. The van der Waals surface area contributed by atoms with Gasteiger partial charge in [-0.05, 0) is 55.7 Å². The molecule has 3 amide bonds. The molecular weight excluding hydrogens is 358 g/mol. The topological polar surface area (TPSA) is 96.5 Å². The van der Waals surface area contributed by atoms with E-state index < -0.39 is 11.8 Å². The van der Waals surface area contributed by atoms with Crippen molar-refractivity contribution in [1.82, 2.24) is 10.9 Å². The Morgan fingerprint density at radius 2 is 1.54 bits per heavy atom. The van der Waals surface area contributed by atoms with E-state index in [9.17, 15) is 14.4 Å². The van der Waals surface area contributed by atoms with E-state index in [1.807, 2.05) is 39.0 Å². The van der Waals surface area contributed by atoms with Crippen molar-refractivity contribution in [1.29, 1.82) is 0 Å². The first kappa shape index (κ1) is 21.0. The van der Waals surface area contributed by atoms with E-state index in [0.717, 1.165) is 17.5 Å². The van der Waals surface area contributed by atoms with Gasteiger partial charge in [0.2, 0.25) is 5.91 Å². The lowest BCUT2D eigenvalue weighted by Crippen LogP contribution is -2.43. The van der Waals surface area contributed by atoms with Gasteiger partial charge in [0.1, 0.15) is 5.75 Å². The molecule has 0 fully saturated rings. The highest BCUT2D eigenvalue weighted by Crippen LogP contribution is 2.21.